The van der Waals surface area contributed by atoms with Crippen LogP contribution >= 0.6 is 0 Å². The topological polar surface area (TPSA) is 76.7 Å². The van der Waals surface area contributed by atoms with E-state index < -0.39 is 5.97 Å². The van der Waals surface area contributed by atoms with Gasteiger partial charge in [0.05, 0.1) is 19.8 Å². The number of methoxy groups -OCH3 is 2. The second-order valence-electron chi connectivity index (χ2n) is 5.72. The van der Waals surface area contributed by atoms with Gasteiger partial charge in [0.1, 0.15) is 5.75 Å². The molecule has 0 aliphatic rings. The highest BCUT2D eigenvalue weighted by atomic mass is 16.5. The van der Waals surface area contributed by atoms with Crippen LogP contribution in [0.5, 0.6) is 5.75 Å². The first kappa shape index (κ1) is 19.5. The van der Waals surface area contributed by atoms with Crippen LogP contribution in [-0.2, 0) is 16.0 Å². The number of anilines is 1. The van der Waals surface area contributed by atoms with Gasteiger partial charge in [0.15, 0.2) is 0 Å². The third-order valence-corrected chi connectivity index (χ3v) is 3.84. The molecule has 2 aromatic carbocycles. The molecule has 1 amide bonds. The van der Waals surface area contributed by atoms with Crippen LogP contribution in [0.3, 0.4) is 0 Å². The Morgan fingerprint density at radius 2 is 1.77 bits per heavy atom. The van der Waals surface area contributed by atoms with Gasteiger partial charge in [-0.05, 0) is 54.9 Å². The minimum absolute atomic E-state index is 0.0790. The van der Waals surface area contributed by atoms with Crippen molar-refractivity contribution in [3.63, 3.8) is 0 Å². The lowest BCUT2D eigenvalue weighted by atomic mass is 10.1. The molecule has 0 heterocycles. The van der Waals surface area contributed by atoms with Crippen molar-refractivity contribution < 1.29 is 19.1 Å². The van der Waals surface area contributed by atoms with E-state index in [0.29, 0.717) is 24.2 Å². The van der Waals surface area contributed by atoms with Crippen LogP contribution < -0.4 is 15.4 Å². The largest absolute Gasteiger partial charge is 0.497 e. The maximum atomic E-state index is 11.9. The number of ether oxygens (including phenoxy) is 2. The summed E-state index contributed by atoms with van der Waals surface area (Å²) in [6.45, 7) is 1.38. The van der Waals surface area contributed by atoms with E-state index in [1.165, 1.54) is 12.7 Å². The normalized spacial score (nSPS) is 10.2. The van der Waals surface area contributed by atoms with E-state index in [2.05, 4.69) is 21.4 Å². The lowest BCUT2D eigenvalue weighted by molar-refractivity contribution is -0.116. The molecule has 0 spiro atoms. The first-order chi connectivity index (χ1) is 12.6. The van der Waals surface area contributed by atoms with E-state index in [1.54, 1.807) is 31.4 Å². The maximum absolute atomic E-state index is 11.9. The quantitative estimate of drug-likeness (QED) is 0.534. The van der Waals surface area contributed by atoms with E-state index in [-0.39, 0.29) is 5.91 Å². The summed E-state index contributed by atoms with van der Waals surface area (Å²) in [7, 11) is 2.98. The molecule has 0 fully saturated rings. The molecule has 0 atom stereocenters. The SMILES string of the molecule is COC(=O)c1ccc(NC(=O)CCNCCc2cccc(OC)c2)cc1. The van der Waals surface area contributed by atoms with Crippen LogP contribution in [0.2, 0.25) is 0 Å². The summed E-state index contributed by atoms with van der Waals surface area (Å²) in [6.07, 6.45) is 1.24. The van der Waals surface area contributed by atoms with E-state index in [0.717, 1.165) is 18.7 Å². The third-order valence-electron chi connectivity index (χ3n) is 3.84. The lowest BCUT2D eigenvalue weighted by Crippen LogP contribution is -2.23. The molecule has 6 heteroatoms. The number of esters is 1. The molecule has 0 aliphatic carbocycles. The Bertz CT molecular complexity index is 729. The van der Waals surface area contributed by atoms with Crippen LogP contribution in [0.4, 0.5) is 5.69 Å². The highest BCUT2D eigenvalue weighted by Gasteiger charge is 2.06. The highest BCUT2D eigenvalue weighted by Crippen LogP contribution is 2.13. The Morgan fingerprint density at radius 3 is 2.46 bits per heavy atom. The van der Waals surface area contributed by atoms with Gasteiger partial charge < -0.3 is 20.1 Å². The number of carbonyl (C=O) groups excluding carboxylic acids is 2. The second kappa shape index (κ2) is 10.2. The van der Waals surface area contributed by atoms with Crippen molar-refractivity contribution in [1.82, 2.24) is 5.32 Å². The van der Waals surface area contributed by atoms with Crippen molar-refractivity contribution in [3.8, 4) is 5.75 Å². The minimum atomic E-state index is -0.400. The summed E-state index contributed by atoms with van der Waals surface area (Å²) in [6, 6.07) is 14.5. The van der Waals surface area contributed by atoms with Crippen LogP contribution in [0, 0.1) is 0 Å². The van der Waals surface area contributed by atoms with Crippen molar-refractivity contribution in [1.29, 1.82) is 0 Å². The summed E-state index contributed by atoms with van der Waals surface area (Å²) in [4.78, 5) is 23.3. The molecule has 0 bridgehead atoms. The fourth-order valence-electron chi connectivity index (χ4n) is 2.42. The average molecular weight is 356 g/mol. The third kappa shape index (κ3) is 6.22. The van der Waals surface area contributed by atoms with E-state index in [9.17, 15) is 9.59 Å². The smallest absolute Gasteiger partial charge is 0.337 e. The van der Waals surface area contributed by atoms with Gasteiger partial charge in [-0.2, -0.15) is 0 Å². The molecule has 2 aromatic rings. The molecule has 0 aliphatic heterocycles. The van der Waals surface area contributed by atoms with E-state index in [1.807, 2.05) is 18.2 Å². The maximum Gasteiger partial charge on any atom is 0.337 e. The van der Waals surface area contributed by atoms with E-state index >= 15 is 0 Å². The number of amides is 1. The molecule has 0 radical (unpaired) electrons. The second-order valence-corrected chi connectivity index (χ2v) is 5.72. The van der Waals surface area contributed by atoms with Gasteiger partial charge in [0.25, 0.3) is 0 Å². The fraction of sp³-hybridized carbons (Fsp3) is 0.300. The first-order valence-corrected chi connectivity index (χ1v) is 8.44. The molecule has 0 aromatic heterocycles. The Kier molecular flexibility index (Phi) is 7.64. The summed E-state index contributed by atoms with van der Waals surface area (Å²) in [5.41, 5.74) is 2.29. The van der Waals surface area contributed by atoms with Crippen LogP contribution in [0.25, 0.3) is 0 Å². The van der Waals surface area contributed by atoms with Gasteiger partial charge in [0, 0.05) is 18.7 Å². The van der Waals surface area contributed by atoms with Gasteiger partial charge in [0.2, 0.25) is 5.91 Å². The minimum Gasteiger partial charge on any atom is -0.497 e. The molecular weight excluding hydrogens is 332 g/mol. The predicted molar refractivity (Wildman–Crippen MR) is 101 cm³/mol. The van der Waals surface area contributed by atoms with Gasteiger partial charge >= 0.3 is 5.97 Å². The molecule has 0 saturated carbocycles. The molecule has 2 rings (SSSR count). The summed E-state index contributed by atoms with van der Waals surface area (Å²) in [5, 5.41) is 6.06. The van der Waals surface area contributed by atoms with E-state index in [4.69, 9.17) is 4.74 Å². The molecule has 2 N–H and O–H groups in total. The van der Waals surface area contributed by atoms with Crippen molar-refractivity contribution in [2.75, 3.05) is 32.6 Å². The molecule has 26 heavy (non-hydrogen) atoms. The van der Waals surface area contributed by atoms with Crippen LogP contribution in [0.15, 0.2) is 48.5 Å². The summed E-state index contributed by atoms with van der Waals surface area (Å²) >= 11 is 0. The van der Waals surface area contributed by atoms with Gasteiger partial charge in [-0.25, -0.2) is 4.79 Å². The lowest BCUT2D eigenvalue weighted by Gasteiger charge is -2.08. The average Bonchev–Trinajstić information content (AvgIpc) is 2.68. The summed E-state index contributed by atoms with van der Waals surface area (Å²) in [5.74, 6) is 0.368. The molecule has 138 valence electrons. The number of carbonyl (C=O) groups is 2. The van der Waals surface area contributed by atoms with Gasteiger partial charge in [-0.1, -0.05) is 12.1 Å². The van der Waals surface area contributed by atoms with Crippen molar-refractivity contribution >= 4 is 17.6 Å². The van der Waals surface area contributed by atoms with Crippen LogP contribution in [0.1, 0.15) is 22.3 Å². The molecular formula is C20H24N2O4. The number of benzene rings is 2. The molecule has 6 nitrogen and oxygen atoms in total. The Labute approximate surface area is 153 Å². The zero-order valence-electron chi connectivity index (χ0n) is 15.1. The van der Waals surface area contributed by atoms with Gasteiger partial charge in [-0.3, -0.25) is 4.79 Å². The zero-order valence-corrected chi connectivity index (χ0v) is 15.1. The Balaban J connectivity index is 1.66. The van der Waals surface area contributed by atoms with Gasteiger partial charge in [-0.15, -0.1) is 0 Å². The zero-order chi connectivity index (χ0) is 18.8. The summed E-state index contributed by atoms with van der Waals surface area (Å²) < 4.78 is 9.83. The molecule has 0 saturated heterocycles. The molecule has 0 unspecified atom stereocenters. The first-order valence-electron chi connectivity index (χ1n) is 8.44. The Morgan fingerprint density at radius 1 is 1.00 bits per heavy atom. The monoisotopic (exact) mass is 356 g/mol. The fourth-order valence-corrected chi connectivity index (χ4v) is 2.42. The van der Waals surface area contributed by atoms with Crippen molar-refractivity contribution in [2.45, 2.75) is 12.8 Å². The van der Waals surface area contributed by atoms with Crippen LogP contribution in [-0.4, -0.2) is 39.2 Å². The number of hydrogen-bond acceptors (Lipinski definition) is 5. The number of rotatable bonds is 9. The van der Waals surface area contributed by atoms with Crippen molar-refractivity contribution in [2.24, 2.45) is 0 Å². The number of nitrogens with one attached hydrogen (secondary N) is 2. The van der Waals surface area contributed by atoms with Crippen molar-refractivity contribution in [3.05, 3.63) is 59.7 Å². The standard InChI is InChI=1S/C20H24N2O4/c1-25-18-5-3-4-15(14-18)10-12-21-13-11-19(23)22-17-8-6-16(7-9-17)20(24)26-2/h3-9,14,21H,10-13H2,1-2H3,(H,22,23). The highest BCUT2D eigenvalue weighted by molar-refractivity contribution is 5.93. The Hall–Kier alpha value is -2.86. The number of hydrogen-bond donors (Lipinski definition) is 2. The predicted octanol–water partition coefficient (Wildman–Crippen LogP) is 2.64.